The molecule has 18 heavy (non-hydrogen) atoms. The first kappa shape index (κ1) is 13.4. The number of phenolic OH excluding ortho intramolecular Hbond substituents is 1. The summed E-state index contributed by atoms with van der Waals surface area (Å²) in [5.74, 6) is 1.01. The summed E-state index contributed by atoms with van der Waals surface area (Å²) in [6.45, 7) is 10.8. The molecule has 2 rings (SSSR count). The molecule has 1 aliphatic heterocycles. The Morgan fingerprint density at radius 3 is 2.56 bits per heavy atom. The Balaban J connectivity index is 2.36. The van der Waals surface area contributed by atoms with Gasteiger partial charge >= 0.3 is 0 Å². The van der Waals surface area contributed by atoms with Crippen molar-refractivity contribution in [3.05, 3.63) is 28.8 Å². The van der Waals surface area contributed by atoms with E-state index in [0.29, 0.717) is 11.7 Å². The monoisotopic (exact) mass is 247 g/mol. The van der Waals surface area contributed by atoms with E-state index in [4.69, 9.17) is 0 Å². The number of aromatic hydroxyl groups is 1. The van der Waals surface area contributed by atoms with Crippen molar-refractivity contribution in [2.75, 3.05) is 13.1 Å². The molecule has 1 fully saturated rings. The van der Waals surface area contributed by atoms with Gasteiger partial charge in [0.25, 0.3) is 0 Å². The van der Waals surface area contributed by atoms with Gasteiger partial charge in [-0.25, -0.2) is 0 Å². The van der Waals surface area contributed by atoms with Gasteiger partial charge in [-0.15, -0.1) is 0 Å². The molecule has 1 atom stereocenters. The summed E-state index contributed by atoms with van der Waals surface area (Å²) < 4.78 is 0. The Morgan fingerprint density at radius 2 is 2.00 bits per heavy atom. The van der Waals surface area contributed by atoms with Crippen LogP contribution in [0.25, 0.3) is 0 Å². The molecule has 100 valence electrons. The summed E-state index contributed by atoms with van der Waals surface area (Å²) in [5, 5.41) is 13.7. The Morgan fingerprint density at radius 1 is 1.28 bits per heavy atom. The van der Waals surface area contributed by atoms with Crippen molar-refractivity contribution in [3.8, 4) is 5.75 Å². The molecule has 0 spiro atoms. The predicted octanol–water partition coefficient (Wildman–Crippen LogP) is 3.47. The highest BCUT2D eigenvalue weighted by Gasteiger charge is 2.23. The Bertz CT molecular complexity index is 425. The lowest BCUT2D eigenvalue weighted by atomic mass is 9.81. The first-order valence-electron chi connectivity index (χ1n) is 6.94. The van der Waals surface area contributed by atoms with Crippen LogP contribution in [0.4, 0.5) is 0 Å². The van der Waals surface area contributed by atoms with Gasteiger partial charge in [0.2, 0.25) is 0 Å². The highest BCUT2D eigenvalue weighted by Crippen LogP contribution is 2.36. The van der Waals surface area contributed by atoms with E-state index in [1.807, 2.05) is 6.07 Å². The van der Waals surface area contributed by atoms with E-state index in [1.165, 1.54) is 24.0 Å². The van der Waals surface area contributed by atoms with Crippen LogP contribution in [0.1, 0.15) is 56.2 Å². The molecule has 0 aromatic heterocycles. The third-order valence-corrected chi connectivity index (χ3v) is 3.93. The molecule has 1 saturated heterocycles. The minimum absolute atomic E-state index is 0.00180. The van der Waals surface area contributed by atoms with Crippen molar-refractivity contribution in [1.82, 2.24) is 5.32 Å². The van der Waals surface area contributed by atoms with Gasteiger partial charge in [0.15, 0.2) is 0 Å². The van der Waals surface area contributed by atoms with E-state index >= 15 is 0 Å². The van der Waals surface area contributed by atoms with Gasteiger partial charge in [-0.2, -0.15) is 0 Å². The fourth-order valence-electron chi connectivity index (χ4n) is 2.87. The zero-order chi connectivity index (χ0) is 13.3. The van der Waals surface area contributed by atoms with Crippen LogP contribution in [0.15, 0.2) is 12.1 Å². The largest absolute Gasteiger partial charge is 0.508 e. The lowest BCUT2D eigenvalue weighted by Gasteiger charge is -2.27. The fraction of sp³-hybridized carbons (Fsp3) is 0.625. The van der Waals surface area contributed by atoms with E-state index in [-0.39, 0.29) is 5.41 Å². The van der Waals surface area contributed by atoms with E-state index in [9.17, 15) is 5.11 Å². The second kappa shape index (κ2) is 4.93. The molecule has 0 radical (unpaired) electrons. The molecule has 2 heteroatoms. The number of benzene rings is 1. The SMILES string of the molecule is Cc1cc(C(C)(C)C)c(O)cc1C1CCCNC1. The van der Waals surface area contributed by atoms with Gasteiger partial charge < -0.3 is 10.4 Å². The smallest absolute Gasteiger partial charge is 0.119 e. The minimum atomic E-state index is -0.00180. The quantitative estimate of drug-likeness (QED) is 0.796. The van der Waals surface area contributed by atoms with Crippen molar-refractivity contribution in [1.29, 1.82) is 0 Å². The highest BCUT2D eigenvalue weighted by molar-refractivity contribution is 5.46. The van der Waals surface area contributed by atoms with Crippen molar-refractivity contribution in [2.24, 2.45) is 0 Å². The zero-order valence-electron chi connectivity index (χ0n) is 12.0. The zero-order valence-corrected chi connectivity index (χ0v) is 12.0. The molecule has 2 nitrogen and oxygen atoms in total. The van der Waals surface area contributed by atoms with E-state index < -0.39 is 0 Å². The highest BCUT2D eigenvalue weighted by atomic mass is 16.3. The molecule has 1 aliphatic rings. The van der Waals surface area contributed by atoms with E-state index in [2.05, 4.69) is 39.1 Å². The molecule has 0 amide bonds. The van der Waals surface area contributed by atoms with Gasteiger partial charge in [-0.05, 0) is 60.4 Å². The molecular weight excluding hydrogens is 222 g/mol. The van der Waals surface area contributed by atoms with Crippen molar-refractivity contribution in [2.45, 2.75) is 51.9 Å². The Labute approximate surface area is 110 Å². The average Bonchev–Trinajstić information content (AvgIpc) is 2.31. The van der Waals surface area contributed by atoms with Gasteiger partial charge in [0.1, 0.15) is 5.75 Å². The molecule has 1 heterocycles. The minimum Gasteiger partial charge on any atom is -0.508 e. The molecule has 2 N–H and O–H groups in total. The Kier molecular flexibility index (Phi) is 3.67. The third-order valence-electron chi connectivity index (χ3n) is 3.93. The number of piperidine rings is 1. The Hall–Kier alpha value is -1.02. The number of rotatable bonds is 1. The van der Waals surface area contributed by atoms with Crippen LogP contribution in [0, 0.1) is 6.92 Å². The van der Waals surface area contributed by atoms with Gasteiger partial charge in [0, 0.05) is 6.54 Å². The normalized spacial score (nSPS) is 21.0. The maximum atomic E-state index is 10.3. The number of hydrogen-bond acceptors (Lipinski definition) is 2. The predicted molar refractivity (Wildman–Crippen MR) is 76.4 cm³/mol. The number of hydrogen-bond donors (Lipinski definition) is 2. The summed E-state index contributed by atoms with van der Waals surface area (Å²) >= 11 is 0. The van der Waals surface area contributed by atoms with Crippen LogP contribution in [0.3, 0.4) is 0 Å². The number of phenols is 1. The first-order chi connectivity index (χ1) is 8.39. The average molecular weight is 247 g/mol. The van der Waals surface area contributed by atoms with Crippen molar-refractivity contribution >= 4 is 0 Å². The summed E-state index contributed by atoms with van der Waals surface area (Å²) in [6, 6.07) is 4.16. The maximum absolute atomic E-state index is 10.3. The van der Waals surface area contributed by atoms with Crippen LogP contribution in [0.5, 0.6) is 5.75 Å². The number of nitrogens with one attached hydrogen (secondary N) is 1. The van der Waals surface area contributed by atoms with Gasteiger partial charge in [-0.1, -0.05) is 26.8 Å². The topological polar surface area (TPSA) is 32.3 Å². The summed E-state index contributed by atoms with van der Waals surface area (Å²) in [7, 11) is 0. The molecule has 1 aromatic carbocycles. The maximum Gasteiger partial charge on any atom is 0.119 e. The van der Waals surface area contributed by atoms with Crippen LogP contribution in [0.2, 0.25) is 0 Å². The third kappa shape index (κ3) is 2.69. The van der Waals surface area contributed by atoms with Crippen LogP contribution in [-0.2, 0) is 5.41 Å². The van der Waals surface area contributed by atoms with Crippen molar-refractivity contribution < 1.29 is 5.11 Å². The van der Waals surface area contributed by atoms with Crippen LogP contribution < -0.4 is 5.32 Å². The molecule has 0 saturated carbocycles. The lowest BCUT2D eigenvalue weighted by Crippen LogP contribution is -2.28. The van der Waals surface area contributed by atoms with E-state index in [1.54, 1.807) is 0 Å². The lowest BCUT2D eigenvalue weighted by molar-refractivity contribution is 0.436. The summed E-state index contributed by atoms with van der Waals surface area (Å²) in [4.78, 5) is 0. The molecule has 0 aliphatic carbocycles. The van der Waals surface area contributed by atoms with Crippen LogP contribution in [-0.4, -0.2) is 18.2 Å². The van der Waals surface area contributed by atoms with Gasteiger partial charge in [-0.3, -0.25) is 0 Å². The number of aryl methyl sites for hydroxylation is 1. The molecular formula is C16H25NO. The second-order valence-corrected chi connectivity index (χ2v) is 6.52. The summed E-state index contributed by atoms with van der Waals surface area (Å²) in [6.07, 6.45) is 2.45. The molecule has 0 bridgehead atoms. The fourth-order valence-corrected chi connectivity index (χ4v) is 2.87. The van der Waals surface area contributed by atoms with Gasteiger partial charge in [0.05, 0.1) is 0 Å². The van der Waals surface area contributed by atoms with Crippen LogP contribution >= 0.6 is 0 Å². The molecule has 1 aromatic rings. The first-order valence-corrected chi connectivity index (χ1v) is 6.94. The van der Waals surface area contributed by atoms with Crippen molar-refractivity contribution in [3.63, 3.8) is 0 Å². The van der Waals surface area contributed by atoms with E-state index in [0.717, 1.165) is 18.7 Å². The standard InChI is InChI=1S/C16H25NO/c1-11-8-14(16(2,3)4)15(18)9-13(11)12-6-5-7-17-10-12/h8-9,12,17-18H,5-7,10H2,1-4H3. The molecule has 1 unspecified atom stereocenters. The summed E-state index contributed by atoms with van der Waals surface area (Å²) in [5.41, 5.74) is 3.67. The second-order valence-electron chi connectivity index (χ2n) is 6.52.